The lowest BCUT2D eigenvalue weighted by Crippen LogP contribution is -2.42. The van der Waals surface area contributed by atoms with Crippen LogP contribution in [0.4, 0.5) is 5.69 Å². The van der Waals surface area contributed by atoms with E-state index in [-0.39, 0.29) is 17.7 Å². The zero-order valence-corrected chi connectivity index (χ0v) is 11.4. The van der Waals surface area contributed by atoms with Crippen molar-refractivity contribution in [1.82, 2.24) is 0 Å². The number of hydrogen-bond acceptors (Lipinski definition) is 2. The van der Waals surface area contributed by atoms with E-state index >= 15 is 0 Å². The smallest absolute Gasteiger partial charge is 0.258 e. The maximum atomic E-state index is 12.7. The molecule has 3 nitrogen and oxygen atoms in total. The molecule has 3 heteroatoms. The molecule has 1 N–H and O–H groups in total. The Morgan fingerprint density at radius 2 is 1.85 bits per heavy atom. The third kappa shape index (κ3) is 2.16. The van der Waals surface area contributed by atoms with E-state index in [0.717, 1.165) is 18.5 Å². The number of benzene rings is 2. The number of para-hydroxylation sites is 1. The number of hydrogen-bond donors (Lipinski definition) is 1. The number of nitrogens with zero attached hydrogens (tertiary/aromatic N) is 1. The summed E-state index contributed by atoms with van der Waals surface area (Å²) >= 11 is 0. The number of rotatable bonds is 1. The molecule has 0 radical (unpaired) electrons. The van der Waals surface area contributed by atoms with Gasteiger partial charge in [-0.1, -0.05) is 18.2 Å². The summed E-state index contributed by atoms with van der Waals surface area (Å²) in [5.74, 6) is 0.165. The van der Waals surface area contributed by atoms with Crippen LogP contribution in [0.5, 0.6) is 5.75 Å². The molecule has 1 aliphatic rings. The van der Waals surface area contributed by atoms with E-state index < -0.39 is 0 Å². The van der Waals surface area contributed by atoms with E-state index in [9.17, 15) is 9.90 Å². The minimum Gasteiger partial charge on any atom is -0.508 e. The molecule has 0 bridgehead atoms. The number of fused-ring (bicyclic) bond motifs is 1. The molecular formula is C17H17NO2. The third-order valence-electron chi connectivity index (χ3n) is 3.86. The summed E-state index contributed by atoms with van der Waals surface area (Å²) in [6, 6.07) is 14.7. The predicted molar refractivity (Wildman–Crippen MR) is 79.1 cm³/mol. The van der Waals surface area contributed by atoms with Crippen molar-refractivity contribution in [3.63, 3.8) is 0 Å². The number of aromatic hydroxyl groups is 1. The van der Waals surface area contributed by atoms with Crippen molar-refractivity contribution in [2.45, 2.75) is 25.8 Å². The second kappa shape index (κ2) is 5.00. The van der Waals surface area contributed by atoms with Crippen molar-refractivity contribution >= 4 is 11.6 Å². The van der Waals surface area contributed by atoms with Gasteiger partial charge in [-0.2, -0.15) is 0 Å². The number of phenolic OH excluding ortho intramolecular Hbond substituents is 1. The van der Waals surface area contributed by atoms with Crippen LogP contribution in [-0.4, -0.2) is 17.1 Å². The maximum absolute atomic E-state index is 12.7. The molecule has 0 aromatic heterocycles. The van der Waals surface area contributed by atoms with Crippen molar-refractivity contribution in [3.8, 4) is 5.75 Å². The van der Waals surface area contributed by atoms with Crippen LogP contribution in [0.3, 0.4) is 0 Å². The minimum atomic E-state index is -0.00958. The van der Waals surface area contributed by atoms with E-state index in [2.05, 4.69) is 13.0 Å². The fraction of sp³-hybridized carbons (Fsp3) is 0.235. The Morgan fingerprint density at radius 1 is 1.15 bits per heavy atom. The van der Waals surface area contributed by atoms with Crippen LogP contribution in [0.1, 0.15) is 29.3 Å². The summed E-state index contributed by atoms with van der Waals surface area (Å²) in [4.78, 5) is 14.6. The van der Waals surface area contributed by atoms with Crippen LogP contribution < -0.4 is 4.90 Å². The van der Waals surface area contributed by atoms with Crippen molar-refractivity contribution in [2.24, 2.45) is 0 Å². The van der Waals surface area contributed by atoms with Crippen molar-refractivity contribution < 1.29 is 9.90 Å². The highest BCUT2D eigenvalue weighted by Crippen LogP contribution is 2.31. The predicted octanol–water partition coefficient (Wildman–Crippen LogP) is 3.37. The normalized spacial score (nSPS) is 17.6. The van der Waals surface area contributed by atoms with Gasteiger partial charge in [0.1, 0.15) is 5.75 Å². The van der Waals surface area contributed by atoms with Gasteiger partial charge in [0, 0.05) is 17.3 Å². The molecule has 2 aromatic rings. The Morgan fingerprint density at radius 3 is 2.60 bits per heavy atom. The first-order valence-corrected chi connectivity index (χ1v) is 6.87. The van der Waals surface area contributed by atoms with Gasteiger partial charge in [0.15, 0.2) is 0 Å². The number of carbonyl (C=O) groups is 1. The SMILES string of the molecule is CC1CCc2ccccc2N1C(=O)c1ccc(O)cc1. The zero-order chi connectivity index (χ0) is 14.1. The van der Waals surface area contributed by atoms with E-state index in [1.165, 1.54) is 5.56 Å². The maximum Gasteiger partial charge on any atom is 0.258 e. The van der Waals surface area contributed by atoms with Crippen molar-refractivity contribution in [1.29, 1.82) is 0 Å². The fourth-order valence-corrected chi connectivity index (χ4v) is 2.74. The first-order valence-electron chi connectivity index (χ1n) is 6.87. The highest BCUT2D eigenvalue weighted by atomic mass is 16.3. The largest absolute Gasteiger partial charge is 0.508 e. The van der Waals surface area contributed by atoms with Crippen LogP contribution in [-0.2, 0) is 6.42 Å². The summed E-state index contributed by atoms with van der Waals surface area (Å²) in [5, 5.41) is 9.33. The molecule has 2 aromatic carbocycles. The monoisotopic (exact) mass is 267 g/mol. The minimum absolute atomic E-state index is 0.00958. The number of aryl methyl sites for hydroxylation is 1. The zero-order valence-electron chi connectivity index (χ0n) is 11.4. The van der Waals surface area contributed by atoms with Crippen LogP contribution in [0.15, 0.2) is 48.5 Å². The summed E-state index contributed by atoms with van der Waals surface area (Å²) in [7, 11) is 0. The summed E-state index contributed by atoms with van der Waals surface area (Å²) in [6.07, 6.45) is 1.98. The Hall–Kier alpha value is -2.29. The molecule has 3 rings (SSSR count). The second-order valence-electron chi connectivity index (χ2n) is 5.24. The van der Waals surface area contributed by atoms with Gasteiger partial charge in [-0.15, -0.1) is 0 Å². The Labute approximate surface area is 118 Å². The standard InChI is InChI=1S/C17H17NO2/c1-12-6-7-13-4-2-3-5-16(13)18(12)17(20)14-8-10-15(19)11-9-14/h2-5,8-12,19H,6-7H2,1H3. The van der Waals surface area contributed by atoms with E-state index in [1.54, 1.807) is 24.3 Å². The first kappa shape index (κ1) is 12.7. The average molecular weight is 267 g/mol. The van der Waals surface area contributed by atoms with Crippen LogP contribution in [0.2, 0.25) is 0 Å². The third-order valence-corrected chi connectivity index (χ3v) is 3.86. The van der Waals surface area contributed by atoms with E-state index in [4.69, 9.17) is 0 Å². The Balaban J connectivity index is 2.00. The number of anilines is 1. The second-order valence-corrected chi connectivity index (χ2v) is 5.24. The van der Waals surface area contributed by atoms with Gasteiger partial charge in [-0.05, 0) is 55.7 Å². The lowest BCUT2D eigenvalue weighted by Gasteiger charge is -2.35. The first-order chi connectivity index (χ1) is 9.66. The highest BCUT2D eigenvalue weighted by molar-refractivity contribution is 6.07. The molecule has 0 saturated carbocycles. The van der Waals surface area contributed by atoms with Crippen LogP contribution in [0, 0.1) is 0 Å². The Bertz CT molecular complexity index is 634. The quantitative estimate of drug-likeness (QED) is 0.860. The molecule has 0 fully saturated rings. The van der Waals surface area contributed by atoms with Crippen molar-refractivity contribution in [3.05, 3.63) is 59.7 Å². The molecule has 1 unspecified atom stereocenters. The lowest BCUT2D eigenvalue weighted by molar-refractivity contribution is 0.0975. The van der Waals surface area contributed by atoms with Crippen LogP contribution in [0.25, 0.3) is 0 Å². The van der Waals surface area contributed by atoms with Gasteiger partial charge < -0.3 is 10.0 Å². The molecule has 1 atom stereocenters. The van der Waals surface area contributed by atoms with Gasteiger partial charge in [0.2, 0.25) is 0 Å². The molecule has 1 aliphatic heterocycles. The average Bonchev–Trinajstić information content (AvgIpc) is 2.47. The summed E-state index contributed by atoms with van der Waals surface area (Å²) in [5.41, 5.74) is 2.83. The van der Waals surface area contributed by atoms with Crippen LogP contribution >= 0.6 is 0 Å². The summed E-state index contributed by atoms with van der Waals surface area (Å²) < 4.78 is 0. The number of amides is 1. The van der Waals surface area contributed by atoms with Gasteiger partial charge in [-0.25, -0.2) is 0 Å². The number of carbonyl (C=O) groups excluding carboxylic acids is 1. The van der Waals surface area contributed by atoms with E-state index in [0.29, 0.717) is 5.56 Å². The number of phenols is 1. The van der Waals surface area contributed by atoms with Gasteiger partial charge >= 0.3 is 0 Å². The Kier molecular flexibility index (Phi) is 3.18. The van der Waals surface area contributed by atoms with Gasteiger partial charge in [-0.3, -0.25) is 4.79 Å². The summed E-state index contributed by atoms with van der Waals surface area (Å²) in [6.45, 7) is 2.08. The topological polar surface area (TPSA) is 40.5 Å². The van der Waals surface area contributed by atoms with Gasteiger partial charge in [0.05, 0.1) is 0 Å². The molecule has 1 heterocycles. The molecule has 0 saturated heterocycles. The van der Waals surface area contributed by atoms with Crippen molar-refractivity contribution in [2.75, 3.05) is 4.90 Å². The molecule has 20 heavy (non-hydrogen) atoms. The van der Waals surface area contributed by atoms with E-state index in [1.807, 2.05) is 23.1 Å². The van der Waals surface area contributed by atoms with Gasteiger partial charge in [0.25, 0.3) is 5.91 Å². The highest BCUT2D eigenvalue weighted by Gasteiger charge is 2.28. The molecular weight excluding hydrogens is 250 g/mol. The molecule has 102 valence electrons. The molecule has 0 aliphatic carbocycles. The fourth-order valence-electron chi connectivity index (χ4n) is 2.74. The molecule has 1 amide bonds. The lowest BCUT2D eigenvalue weighted by atomic mass is 9.96. The molecule has 0 spiro atoms.